The number of hydrogen-bond acceptors (Lipinski definition) is 3. The molecular formula is C16H18N2O. The van der Waals surface area contributed by atoms with E-state index in [0.29, 0.717) is 6.54 Å². The summed E-state index contributed by atoms with van der Waals surface area (Å²) in [5, 5.41) is 0. The van der Waals surface area contributed by atoms with Crippen LogP contribution in [0, 0.1) is 0 Å². The van der Waals surface area contributed by atoms with Gasteiger partial charge in [0, 0.05) is 24.8 Å². The third-order valence-electron chi connectivity index (χ3n) is 3.74. The molecule has 0 saturated carbocycles. The molecule has 0 radical (unpaired) electrons. The normalized spacial score (nSPS) is 17.4. The minimum absolute atomic E-state index is 0.253. The molecule has 0 aromatic heterocycles. The number of ether oxygens (including phenoxy) is 1. The van der Waals surface area contributed by atoms with Crippen LogP contribution in [0.5, 0.6) is 5.75 Å². The Morgan fingerprint density at radius 1 is 1.21 bits per heavy atom. The van der Waals surface area contributed by atoms with Gasteiger partial charge in [-0.3, -0.25) is 0 Å². The third kappa shape index (κ3) is 2.06. The Hall–Kier alpha value is -2.00. The van der Waals surface area contributed by atoms with Crippen molar-refractivity contribution in [3.8, 4) is 5.75 Å². The summed E-state index contributed by atoms with van der Waals surface area (Å²) in [6.07, 6.45) is 0. The summed E-state index contributed by atoms with van der Waals surface area (Å²) in [5.41, 5.74) is 9.83. The quantitative estimate of drug-likeness (QED) is 0.915. The first-order valence-corrected chi connectivity index (χ1v) is 6.52. The van der Waals surface area contributed by atoms with Crippen molar-refractivity contribution >= 4 is 5.69 Å². The molecule has 0 spiro atoms. The van der Waals surface area contributed by atoms with Gasteiger partial charge in [0.15, 0.2) is 0 Å². The number of nitrogens with two attached hydrogens (primary N) is 1. The molecule has 2 aromatic rings. The van der Waals surface area contributed by atoms with Crippen LogP contribution in [-0.2, 0) is 6.54 Å². The van der Waals surface area contributed by atoms with E-state index in [1.54, 1.807) is 7.11 Å². The van der Waals surface area contributed by atoms with Crippen molar-refractivity contribution in [1.82, 2.24) is 0 Å². The van der Waals surface area contributed by atoms with Gasteiger partial charge in [-0.25, -0.2) is 0 Å². The smallest absolute Gasteiger partial charge is 0.120 e. The standard InChI is InChI=1S/C16H18N2O/c1-19-14-7-4-6-13(9-14)18-11-12-5-2-3-8-15(12)16(18)10-17/h2-9,16H,10-11,17H2,1H3. The monoisotopic (exact) mass is 254 g/mol. The molecule has 2 aromatic carbocycles. The Balaban J connectivity index is 1.98. The van der Waals surface area contributed by atoms with Crippen molar-refractivity contribution in [2.45, 2.75) is 12.6 Å². The maximum absolute atomic E-state index is 5.97. The van der Waals surface area contributed by atoms with Crippen molar-refractivity contribution in [3.05, 3.63) is 59.7 Å². The van der Waals surface area contributed by atoms with E-state index in [1.165, 1.54) is 11.1 Å². The van der Waals surface area contributed by atoms with Gasteiger partial charge in [0.2, 0.25) is 0 Å². The lowest BCUT2D eigenvalue weighted by Crippen LogP contribution is -2.27. The highest BCUT2D eigenvalue weighted by atomic mass is 16.5. The summed E-state index contributed by atoms with van der Waals surface area (Å²) in [6.45, 7) is 1.53. The van der Waals surface area contributed by atoms with Crippen LogP contribution >= 0.6 is 0 Å². The predicted molar refractivity (Wildman–Crippen MR) is 77.4 cm³/mol. The van der Waals surface area contributed by atoms with E-state index >= 15 is 0 Å². The van der Waals surface area contributed by atoms with E-state index in [1.807, 2.05) is 12.1 Å². The van der Waals surface area contributed by atoms with E-state index in [-0.39, 0.29) is 6.04 Å². The second kappa shape index (κ2) is 4.94. The summed E-state index contributed by atoms with van der Waals surface area (Å²) in [6, 6.07) is 16.9. The molecule has 0 amide bonds. The number of anilines is 1. The Morgan fingerprint density at radius 2 is 2.05 bits per heavy atom. The van der Waals surface area contributed by atoms with Crippen LogP contribution in [0.25, 0.3) is 0 Å². The number of hydrogen-bond donors (Lipinski definition) is 1. The van der Waals surface area contributed by atoms with Crippen LogP contribution in [0.4, 0.5) is 5.69 Å². The van der Waals surface area contributed by atoms with Crippen molar-refractivity contribution in [2.75, 3.05) is 18.6 Å². The highest BCUT2D eigenvalue weighted by Crippen LogP contribution is 2.37. The van der Waals surface area contributed by atoms with Crippen molar-refractivity contribution in [1.29, 1.82) is 0 Å². The molecule has 1 aliphatic rings. The maximum Gasteiger partial charge on any atom is 0.120 e. The zero-order chi connectivity index (χ0) is 13.2. The van der Waals surface area contributed by atoms with Gasteiger partial charge in [0.05, 0.1) is 13.2 Å². The molecule has 0 saturated heterocycles. The van der Waals surface area contributed by atoms with Gasteiger partial charge in [-0.05, 0) is 23.3 Å². The lowest BCUT2D eigenvalue weighted by molar-refractivity contribution is 0.414. The summed E-state index contributed by atoms with van der Waals surface area (Å²) in [7, 11) is 1.69. The molecule has 0 fully saturated rings. The van der Waals surface area contributed by atoms with Crippen LogP contribution in [0.15, 0.2) is 48.5 Å². The van der Waals surface area contributed by atoms with Gasteiger partial charge in [-0.2, -0.15) is 0 Å². The molecular weight excluding hydrogens is 236 g/mol. The van der Waals surface area contributed by atoms with Crippen LogP contribution < -0.4 is 15.4 Å². The Bertz CT molecular complexity index is 582. The molecule has 0 aliphatic carbocycles. The van der Waals surface area contributed by atoms with Gasteiger partial charge in [0.25, 0.3) is 0 Å². The van der Waals surface area contributed by atoms with E-state index in [4.69, 9.17) is 10.5 Å². The van der Waals surface area contributed by atoms with Gasteiger partial charge in [-0.15, -0.1) is 0 Å². The van der Waals surface area contributed by atoms with Crippen molar-refractivity contribution < 1.29 is 4.74 Å². The molecule has 98 valence electrons. The largest absolute Gasteiger partial charge is 0.497 e. The highest BCUT2D eigenvalue weighted by molar-refractivity contribution is 5.57. The van der Waals surface area contributed by atoms with E-state index in [9.17, 15) is 0 Å². The Morgan fingerprint density at radius 3 is 2.84 bits per heavy atom. The number of rotatable bonds is 3. The maximum atomic E-state index is 5.97. The predicted octanol–water partition coefficient (Wildman–Crippen LogP) is 2.72. The summed E-state index contributed by atoms with van der Waals surface area (Å²) in [5.74, 6) is 0.879. The highest BCUT2D eigenvalue weighted by Gasteiger charge is 2.28. The third-order valence-corrected chi connectivity index (χ3v) is 3.74. The molecule has 1 unspecified atom stereocenters. The summed E-state index contributed by atoms with van der Waals surface area (Å²) < 4.78 is 5.30. The lowest BCUT2D eigenvalue weighted by atomic mass is 10.1. The molecule has 3 nitrogen and oxygen atoms in total. The topological polar surface area (TPSA) is 38.5 Å². The zero-order valence-corrected chi connectivity index (χ0v) is 11.0. The minimum Gasteiger partial charge on any atom is -0.497 e. The molecule has 1 heterocycles. The van der Waals surface area contributed by atoms with Crippen molar-refractivity contribution in [2.24, 2.45) is 5.73 Å². The van der Waals surface area contributed by atoms with Gasteiger partial charge in [-0.1, -0.05) is 30.3 Å². The molecule has 19 heavy (non-hydrogen) atoms. The Kier molecular flexibility index (Phi) is 3.13. The number of nitrogens with zero attached hydrogens (tertiary/aromatic N) is 1. The first-order chi connectivity index (χ1) is 9.33. The molecule has 0 bridgehead atoms. The molecule has 2 N–H and O–H groups in total. The molecule has 3 rings (SSSR count). The average Bonchev–Trinajstić information content (AvgIpc) is 2.86. The lowest BCUT2D eigenvalue weighted by Gasteiger charge is -2.26. The average molecular weight is 254 g/mol. The van der Waals surface area contributed by atoms with E-state index in [0.717, 1.165) is 18.0 Å². The summed E-state index contributed by atoms with van der Waals surface area (Å²) >= 11 is 0. The van der Waals surface area contributed by atoms with E-state index < -0.39 is 0 Å². The first-order valence-electron chi connectivity index (χ1n) is 6.52. The number of methoxy groups -OCH3 is 1. The van der Waals surface area contributed by atoms with E-state index in [2.05, 4.69) is 41.3 Å². The van der Waals surface area contributed by atoms with Crippen LogP contribution in [0.1, 0.15) is 17.2 Å². The van der Waals surface area contributed by atoms with Gasteiger partial charge in [0.1, 0.15) is 5.75 Å². The molecule has 1 atom stereocenters. The van der Waals surface area contributed by atoms with Crippen LogP contribution in [0.2, 0.25) is 0 Å². The Labute approximate surface area is 113 Å². The SMILES string of the molecule is COc1cccc(N2Cc3ccccc3C2CN)c1. The minimum atomic E-state index is 0.253. The molecule has 3 heteroatoms. The fraction of sp³-hybridized carbons (Fsp3) is 0.250. The van der Waals surface area contributed by atoms with Crippen LogP contribution in [0.3, 0.4) is 0 Å². The second-order valence-electron chi connectivity index (χ2n) is 4.78. The van der Waals surface area contributed by atoms with Crippen LogP contribution in [-0.4, -0.2) is 13.7 Å². The van der Waals surface area contributed by atoms with Gasteiger partial charge >= 0.3 is 0 Å². The zero-order valence-electron chi connectivity index (χ0n) is 11.0. The first kappa shape index (κ1) is 12.1. The van der Waals surface area contributed by atoms with Gasteiger partial charge < -0.3 is 15.4 Å². The number of fused-ring (bicyclic) bond motifs is 1. The van der Waals surface area contributed by atoms with Crippen molar-refractivity contribution in [3.63, 3.8) is 0 Å². The fourth-order valence-corrected chi connectivity index (χ4v) is 2.78. The fourth-order valence-electron chi connectivity index (χ4n) is 2.78. The number of benzene rings is 2. The summed E-state index contributed by atoms with van der Waals surface area (Å²) in [4.78, 5) is 2.34. The second-order valence-corrected chi connectivity index (χ2v) is 4.78. The molecule has 1 aliphatic heterocycles.